The van der Waals surface area contributed by atoms with Crippen LogP contribution in [-0.4, -0.2) is 19.0 Å². The van der Waals surface area contributed by atoms with Crippen molar-refractivity contribution < 1.29 is 22.4 Å². The highest BCUT2D eigenvalue weighted by atomic mass is 19.4. The van der Waals surface area contributed by atoms with Crippen LogP contribution in [-0.2, 0) is 17.5 Å². The lowest BCUT2D eigenvalue weighted by Crippen LogP contribution is -2.40. The molecule has 1 aliphatic rings. The second-order valence-electron chi connectivity index (χ2n) is 7.40. The van der Waals surface area contributed by atoms with Crippen LogP contribution >= 0.6 is 0 Å². The maximum Gasteiger partial charge on any atom is 0.416 e. The Morgan fingerprint density at radius 2 is 1.90 bits per heavy atom. The zero-order valence-corrected chi connectivity index (χ0v) is 16.4. The van der Waals surface area contributed by atoms with Crippen LogP contribution in [0.3, 0.4) is 0 Å². The van der Waals surface area contributed by atoms with E-state index < -0.39 is 11.7 Å². The van der Waals surface area contributed by atoms with Crippen LogP contribution < -0.4 is 10.2 Å². The summed E-state index contributed by atoms with van der Waals surface area (Å²) in [5.41, 5.74) is 0.767. The van der Waals surface area contributed by atoms with Crippen LogP contribution in [0, 0.1) is 30.0 Å². The molecule has 1 heterocycles. The van der Waals surface area contributed by atoms with E-state index in [-0.39, 0.29) is 29.8 Å². The summed E-state index contributed by atoms with van der Waals surface area (Å²) >= 11 is 0. The average molecular weight is 419 g/mol. The van der Waals surface area contributed by atoms with Crippen molar-refractivity contribution in [2.45, 2.75) is 32.5 Å². The molecule has 0 radical (unpaired) electrons. The molecule has 0 unspecified atom stereocenters. The van der Waals surface area contributed by atoms with Gasteiger partial charge in [-0.25, -0.2) is 4.39 Å². The summed E-state index contributed by atoms with van der Waals surface area (Å²) in [6.45, 7) is 2.81. The minimum Gasteiger partial charge on any atom is -0.370 e. The molecule has 2 aromatic carbocycles. The Bertz CT molecular complexity index is 973. The maximum absolute atomic E-state index is 13.6. The molecule has 30 heavy (non-hydrogen) atoms. The molecule has 4 nitrogen and oxygen atoms in total. The number of benzene rings is 2. The van der Waals surface area contributed by atoms with Gasteiger partial charge in [0.15, 0.2) is 0 Å². The molecule has 2 aromatic rings. The van der Waals surface area contributed by atoms with Crippen molar-refractivity contribution in [3.05, 3.63) is 64.5 Å². The molecule has 1 N–H and O–H groups in total. The molecule has 1 fully saturated rings. The SMILES string of the molecule is Cc1ccc(CNC(=O)C2CCN(c3ccc(C(F)(F)F)cc3C#N)CC2)cc1F. The highest BCUT2D eigenvalue weighted by Gasteiger charge is 2.32. The maximum atomic E-state index is 13.6. The summed E-state index contributed by atoms with van der Waals surface area (Å²) in [6.07, 6.45) is -3.48. The fourth-order valence-electron chi connectivity index (χ4n) is 3.54. The van der Waals surface area contributed by atoms with Crippen LogP contribution in [0.4, 0.5) is 23.2 Å². The van der Waals surface area contributed by atoms with E-state index in [1.165, 1.54) is 12.1 Å². The van der Waals surface area contributed by atoms with E-state index in [0.29, 0.717) is 42.7 Å². The van der Waals surface area contributed by atoms with E-state index in [1.807, 2.05) is 11.0 Å². The first-order valence-corrected chi connectivity index (χ1v) is 9.58. The predicted octanol–water partition coefficient (Wildman–Crippen LogP) is 4.56. The monoisotopic (exact) mass is 419 g/mol. The molecule has 1 aliphatic heterocycles. The number of amides is 1. The van der Waals surface area contributed by atoms with Crippen LogP contribution in [0.2, 0.25) is 0 Å². The number of rotatable bonds is 4. The summed E-state index contributed by atoms with van der Waals surface area (Å²) < 4.78 is 52.2. The first-order chi connectivity index (χ1) is 14.2. The predicted molar refractivity (Wildman–Crippen MR) is 104 cm³/mol. The van der Waals surface area contributed by atoms with E-state index in [1.54, 1.807) is 19.1 Å². The van der Waals surface area contributed by atoms with Gasteiger partial charge in [0.05, 0.1) is 16.8 Å². The molecule has 0 spiro atoms. The van der Waals surface area contributed by atoms with Crippen LogP contribution in [0.25, 0.3) is 0 Å². The lowest BCUT2D eigenvalue weighted by atomic mass is 9.94. The van der Waals surface area contributed by atoms with Gasteiger partial charge in [0.25, 0.3) is 0 Å². The van der Waals surface area contributed by atoms with Crippen molar-refractivity contribution in [3.63, 3.8) is 0 Å². The largest absolute Gasteiger partial charge is 0.416 e. The molecule has 0 aliphatic carbocycles. The smallest absolute Gasteiger partial charge is 0.370 e. The molecule has 1 amide bonds. The van der Waals surface area contributed by atoms with E-state index in [9.17, 15) is 27.6 Å². The molecular formula is C22H21F4N3O. The number of halogens is 4. The lowest BCUT2D eigenvalue weighted by molar-refractivity contribution is -0.137. The molecular weight excluding hydrogens is 398 g/mol. The van der Waals surface area contributed by atoms with E-state index in [0.717, 1.165) is 12.1 Å². The fourth-order valence-corrected chi connectivity index (χ4v) is 3.54. The number of nitrogens with one attached hydrogen (secondary N) is 1. The van der Waals surface area contributed by atoms with Gasteiger partial charge < -0.3 is 10.2 Å². The van der Waals surface area contributed by atoms with Gasteiger partial charge in [-0.1, -0.05) is 12.1 Å². The highest BCUT2D eigenvalue weighted by Crippen LogP contribution is 2.34. The Balaban J connectivity index is 1.58. The average Bonchev–Trinajstić information content (AvgIpc) is 2.73. The van der Waals surface area contributed by atoms with Crippen molar-refractivity contribution >= 4 is 11.6 Å². The molecule has 8 heteroatoms. The number of alkyl halides is 3. The Labute approximate surface area is 172 Å². The number of nitrogens with zero attached hydrogens (tertiary/aromatic N) is 2. The second kappa shape index (κ2) is 8.74. The zero-order valence-electron chi connectivity index (χ0n) is 16.4. The van der Waals surface area contributed by atoms with Crippen molar-refractivity contribution in [3.8, 4) is 6.07 Å². The molecule has 3 rings (SSSR count). The van der Waals surface area contributed by atoms with Crippen molar-refractivity contribution in [2.24, 2.45) is 5.92 Å². The fraction of sp³-hybridized carbons (Fsp3) is 0.364. The number of carbonyl (C=O) groups excluding carboxylic acids is 1. The van der Waals surface area contributed by atoms with Gasteiger partial charge in [-0.3, -0.25) is 4.79 Å². The molecule has 158 valence electrons. The third-order valence-corrected chi connectivity index (χ3v) is 5.35. The number of piperidine rings is 1. The minimum atomic E-state index is -4.50. The third kappa shape index (κ3) is 4.90. The van der Waals surface area contributed by atoms with E-state index in [4.69, 9.17) is 0 Å². The van der Waals surface area contributed by atoms with E-state index in [2.05, 4.69) is 5.32 Å². The van der Waals surface area contributed by atoms with Gasteiger partial charge in [-0.05, 0) is 55.2 Å². The Kier molecular flexibility index (Phi) is 6.30. The molecule has 1 saturated heterocycles. The van der Waals surface area contributed by atoms with Gasteiger partial charge >= 0.3 is 6.18 Å². The Morgan fingerprint density at radius 1 is 1.20 bits per heavy atom. The second-order valence-corrected chi connectivity index (χ2v) is 7.40. The lowest BCUT2D eigenvalue weighted by Gasteiger charge is -2.33. The number of nitriles is 1. The van der Waals surface area contributed by atoms with Crippen LogP contribution in [0.5, 0.6) is 0 Å². The molecule has 0 saturated carbocycles. The first-order valence-electron chi connectivity index (χ1n) is 9.58. The van der Waals surface area contributed by atoms with Crippen LogP contribution in [0.15, 0.2) is 36.4 Å². The van der Waals surface area contributed by atoms with Crippen molar-refractivity contribution in [1.29, 1.82) is 5.26 Å². The number of aryl methyl sites for hydroxylation is 1. The third-order valence-electron chi connectivity index (χ3n) is 5.35. The summed E-state index contributed by atoms with van der Waals surface area (Å²) in [5, 5.41) is 12.1. The Hall–Kier alpha value is -3.08. The number of hydrogen-bond donors (Lipinski definition) is 1. The summed E-state index contributed by atoms with van der Waals surface area (Å²) in [5.74, 6) is -0.694. The van der Waals surface area contributed by atoms with Gasteiger partial charge in [0, 0.05) is 25.6 Å². The molecule has 0 bridgehead atoms. The summed E-state index contributed by atoms with van der Waals surface area (Å²) in [6, 6.07) is 9.79. The van der Waals surface area contributed by atoms with Gasteiger partial charge in [-0.15, -0.1) is 0 Å². The normalized spacial score (nSPS) is 15.0. The number of hydrogen-bond acceptors (Lipinski definition) is 3. The standard InChI is InChI=1S/C22H21F4N3O/c1-14-2-3-15(10-19(14)23)13-28-21(30)16-6-8-29(9-7-16)20-5-4-18(22(24,25)26)11-17(20)12-27/h2-5,10-11,16H,6-9,13H2,1H3,(H,28,30). The number of carbonyl (C=O) groups is 1. The van der Waals surface area contributed by atoms with Crippen molar-refractivity contribution in [1.82, 2.24) is 5.32 Å². The molecule has 0 aromatic heterocycles. The quantitative estimate of drug-likeness (QED) is 0.740. The van der Waals surface area contributed by atoms with Crippen molar-refractivity contribution in [2.75, 3.05) is 18.0 Å². The first kappa shape index (κ1) is 21.6. The summed E-state index contributed by atoms with van der Waals surface area (Å²) in [4.78, 5) is 14.3. The van der Waals surface area contributed by atoms with E-state index >= 15 is 0 Å². The minimum absolute atomic E-state index is 0.0332. The number of anilines is 1. The molecule has 0 atom stereocenters. The zero-order chi connectivity index (χ0) is 21.9. The van der Waals surface area contributed by atoms with Gasteiger partial charge in [0.1, 0.15) is 11.9 Å². The Morgan fingerprint density at radius 3 is 2.50 bits per heavy atom. The topological polar surface area (TPSA) is 56.1 Å². The highest BCUT2D eigenvalue weighted by molar-refractivity contribution is 5.79. The van der Waals surface area contributed by atoms with Gasteiger partial charge in [-0.2, -0.15) is 18.4 Å². The van der Waals surface area contributed by atoms with Gasteiger partial charge in [0.2, 0.25) is 5.91 Å². The summed E-state index contributed by atoms with van der Waals surface area (Å²) in [7, 11) is 0. The van der Waals surface area contributed by atoms with Crippen LogP contribution in [0.1, 0.15) is 35.1 Å².